The molecule has 0 amide bonds. The van der Waals surface area contributed by atoms with E-state index in [0.717, 1.165) is 5.17 Å². The van der Waals surface area contributed by atoms with Crippen molar-refractivity contribution >= 4 is 16.9 Å². The van der Waals surface area contributed by atoms with Crippen LogP contribution in [0, 0.1) is 0 Å². The summed E-state index contributed by atoms with van der Waals surface area (Å²) in [5.41, 5.74) is -0.217. The molecule has 0 aromatic rings. The first-order chi connectivity index (χ1) is 7.67. The van der Waals surface area contributed by atoms with E-state index in [0.29, 0.717) is 6.42 Å². The molecule has 16 heavy (non-hydrogen) atoms. The van der Waals surface area contributed by atoms with E-state index in [2.05, 4.69) is 16.9 Å². The van der Waals surface area contributed by atoms with Crippen LogP contribution in [0.25, 0.3) is 0 Å². The number of hydrogen-bond acceptors (Lipinski definition) is 6. The summed E-state index contributed by atoms with van der Waals surface area (Å²) in [5.74, 6) is 0. The van der Waals surface area contributed by atoms with Gasteiger partial charge < -0.3 is 20.3 Å². The lowest BCUT2D eigenvalue weighted by Crippen LogP contribution is -2.54. The van der Waals surface area contributed by atoms with E-state index in [1.54, 1.807) is 13.1 Å². The highest BCUT2D eigenvalue weighted by atomic mass is 32.2. The molecular formula is C10H16N2O3S. The molecule has 1 saturated heterocycles. The molecule has 0 saturated carbocycles. The van der Waals surface area contributed by atoms with Gasteiger partial charge in [0, 0.05) is 7.05 Å². The molecule has 0 spiro atoms. The Hall–Kier alpha value is -0.560. The lowest BCUT2D eigenvalue weighted by Gasteiger charge is -2.37. The highest BCUT2D eigenvalue weighted by Crippen LogP contribution is 2.36. The fraction of sp³-hybridized carbons (Fsp3) is 0.700. The van der Waals surface area contributed by atoms with Crippen molar-refractivity contribution in [3.8, 4) is 0 Å². The first kappa shape index (κ1) is 11.9. The van der Waals surface area contributed by atoms with E-state index in [4.69, 9.17) is 4.74 Å². The topological polar surface area (TPSA) is 74.1 Å². The van der Waals surface area contributed by atoms with Crippen molar-refractivity contribution in [1.82, 2.24) is 5.32 Å². The molecule has 90 valence electrons. The van der Waals surface area contributed by atoms with Crippen LogP contribution in [-0.2, 0) is 4.74 Å². The SMILES string of the molecule is C=CC[C@H]1O[C@@H]2SC(NC)=N[C@@H]2[C@@H](O)[C@@H]1O. The molecule has 0 aliphatic carbocycles. The Bertz CT molecular complexity index is 310. The van der Waals surface area contributed by atoms with Crippen molar-refractivity contribution in [3.05, 3.63) is 12.7 Å². The summed E-state index contributed by atoms with van der Waals surface area (Å²) in [7, 11) is 1.77. The molecular weight excluding hydrogens is 228 g/mol. The van der Waals surface area contributed by atoms with Gasteiger partial charge >= 0.3 is 0 Å². The second-order valence-corrected chi connectivity index (χ2v) is 4.93. The van der Waals surface area contributed by atoms with Crippen LogP contribution >= 0.6 is 11.8 Å². The van der Waals surface area contributed by atoms with Crippen molar-refractivity contribution < 1.29 is 14.9 Å². The number of fused-ring (bicyclic) bond motifs is 1. The summed E-state index contributed by atoms with van der Waals surface area (Å²) in [6, 6.07) is -0.386. The number of aliphatic hydroxyl groups excluding tert-OH is 2. The largest absolute Gasteiger partial charge is 0.388 e. The van der Waals surface area contributed by atoms with Crippen molar-refractivity contribution in [2.24, 2.45) is 4.99 Å². The van der Waals surface area contributed by atoms with Crippen LogP contribution in [0.5, 0.6) is 0 Å². The standard InChI is InChI=1S/C10H16N2O3S/c1-3-4-5-7(13)8(14)6-9(15-5)16-10(11-2)12-6/h3,5-9,13-14H,1,4H2,2H3,(H,11,12)/t5-,6-,7-,8-,9-/m1/s1. The monoisotopic (exact) mass is 244 g/mol. The number of aliphatic hydroxyl groups is 2. The van der Waals surface area contributed by atoms with E-state index in [9.17, 15) is 10.2 Å². The van der Waals surface area contributed by atoms with Crippen molar-refractivity contribution in [3.63, 3.8) is 0 Å². The normalized spacial score (nSPS) is 42.4. The van der Waals surface area contributed by atoms with Gasteiger partial charge in [-0.1, -0.05) is 17.8 Å². The summed E-state index contributed by atoms with van der Waals surface area (Å²) < 4.78 is 5.69. The van der Waals surface area contributed by atoms with Gasteiger partial charge in [-0.2, -0.15) is 0 Å². The smallest absolute Gasteiger partial charge is 0.159 e. The maximum absolute atomic E-state index is 9.95. The molecule has 0 radical (unpaired) electrons. The zero-order valence-electron chi connectivity index (χ0n) is 9.04. The van der Waals surface area contributed by atoms with Crippen LogP contribution in [0.15, 0.2) is 17.6 Å². The Morgan fingerprint density at radius 1 is 1.56 bits per heavy atom. The molecule has 2 rings (SSSR count). The fourth-order valence-electron chi connectivity index (χ4n) is 1.91. The molecule has 2 aliphatic rings. The van der Waals surface area contributed by atoms with Crippen LogP contribution in [0.4, 0.5) is 0 Å². The average Bonchev–Trinajstić information content (AvgIpc) is 2.69. The number of aliphatic imine (C=N–C) groups is 1. The molecule has 3 N–H and O–H groups in total. The van der Waals surface area contributed by atoms with E-state index in [1.165, 1.54) is 11.8 Å². The van der Waals surface area contributed by atoms with Crippen LogP contribution in [0.2, 0.25) is 0 Å². The average molecular weight is 244 g/mol. The van der Waals surface area contributed by atoms with Gasteiger partial charge in [0.2, 0.25) is 0 Å². The predicted molar refractivity (Wildman–Crippen MR) is 63.4 cm³/mol. The van der Waals surface area contributed by atoms with E-state index in [-0.39, 0.29) is 11.5 Å². The minimum absolute atomic E-state index is 0.217. The van der Waals surface area contributed by atoms with E-state index in [1.807, 2.05) is 0 Å². The molecule has 0 aromatic heterocycles. The van der Waals surface area contributed by atoms with Gasteiger partial charge in [-0.05, 0) is 6.42 Å². The van der Waals surface area contributed by atoms with Gasteiger partial charge in [-0.25, -0.2) is 0 Å². The van der Waals surface area contributed by atoms with Crippen molar-refractivity contribution in [1.29, 1.82) is 0 Å². The summed E-state index contributed by atoms with van der Waals surface area (Å²) in [5, 5.41) is 23.5. The second kappa shape index (κ2) is 4.75. The van der Waals surface area contributed by atoms with Crippen LogP contribution in [0.3, 0.4) is 0 Å². The first-order valence-corrected chi connectivity index (χ1v) is 6.10. The lowest BCUT2D eigenvalue weighted by molar-refractivity contribution is -0.150. The molecule has 0 aromatic carbocycles. The van der Waals surface area contributed by atoms with Gasteiger partial charge in [0.1, 0.15) is 23.7 Å². The Kier molecular flexibility index (Phi) is 3.53. The van der Waals surface area contributed by atoms with Gasteiger partial charge in [0.05, 0.1) is 6.10 Å². The van der Waals surface area contributed by atoms with Crippen LogP contribution < -0.4 is 5.32 Å². The fourth-order valence-corrected chi connectivity index (χ4v) is 2.99. The quantitative estimate of drug-likeness (QED) is 0.582. The summed E-state index contributed by atoms with van der Waals surface area (Å²) >= 11 is 1.44. The minimum Gasteiger partial charge on any atom is -0.388 e. The van der Waals surface area contributed by atoms with Gasteiger partial charge in [-0.15, -0.1) is 6.58 Å². The maximum Gasteiger partial charge on any atom is 0.159 e. The van der Waals surface area contributed by atoms with E-state index < -0.39 is 18.3 Å². The van der Waals surface area contributed by atoms with Gasteiger partial charge in [0.15, 0.2) is 5.17 Å². The molecule has 2 heterocycles. The number of amidine groups is 1. The molecule has 0 unspecified atom stereocenters. The van der Waals surface area contributed by atoms with Crippen molar-refractivity contribution in [2.75, 3.05) is 7.05 Å². The third-order valence-corrected chi connectivity index (χ3v) is 3.93. The first-order valence-electron chi connectivity index (χ1n) is 5.22. The summed E-state index contributed by atoms with van der Waals surface area (Å²) in [6.07, 6.45) is 0.0339. The maximum atomic E-state index is 9.95. The molecule has 1 fully saturated rings. The number of thioether (sulfide) groups is 1. The summed E-state index contributed by atoms with van der Waals surface area (Å²) in [6.45, 7) is 3.61. The molecule has 6 heteroatoms. The third kappa shape index (κ3) is 1.98. The number of nitrogens with zero attached hydrogens (tertiary/aromatic N) is 1. The molecule has 5 atom stereocenters. The van der Waals surface area contributed by atoms with Crippen LogP contribution in [0.1, 0.15) is 6.42 Å². The zero-order chi connectivity index (χ0) is 11.7. The van der Waals surface area contributed by atoms with Crippen LogP contribution in [-0.4, -0.2) is 52.2 Å². The Morgan fingerprint density at radius 3 is 2.94 bits per heavy atom. The molecule has 2 aliphatic heterocycles. The van der Waals surface area contributed by atoms with Gasteiger partial charge in [0.25, 0.3) is 0 Å². The number of hydrogen-bond donors (Lipinski definition) is 3. The Labute approximate surface area is 98.6 Å². The number of nitrogens with one attached hydrogen (secondary N) is 1. The second-order valence-electron chi connectivity index (χ2n) is 3.84. The van der Waals surface area contributed by atoms with Gasteiger partial charge in [-0.3, -0.25) is 4.99 Å². The predicted octanol–water partition coefficient (Wildman–Crippen LogP) is -0.300. The molecule has 0 bridgehead atoms. The zero-order valence-corrected chi connectivity index (χ0v) is 9.85. The highest BCUT2D eigenvalue weighted by molar-refractivity contribution is 8.14. The minimum atomic E-state index is -0.903. The van der Waals surface area contributed by atoms with Crippen molar-refractivity contribution in [2.45, 2.75) is 36.2 Å². The van der Waals surface area contributed by atoms with E-state index >= 15 is 0 Å². The summed E-state index contributed by atoms with van der Waals surface area (Å²) in [4.78, 5) is 4.26. The Balaban J connectivity index is 2.10. The number of rotatable bonds is 2. The number of ether oxygens (including phenoxy) is 1. The lowest BCUT2D eigenvalue weighted by atomic mass is 9.96. The third-order valence-electron chi connectivity index (χ3n) is 2.78. The Morgan fingerprint density at radius 2 is 2.31 bits per heavy atom. The highest BCUT2D eigenvalue weighted by Gasteiger charge is 2.47. The molecule has 5 nitrogen and oxygen atoms in total.